The average Bonchev–Trinajstić information content (AvgIpc) is 2.82. The van der Waals surface area contributed by atoms with Crippen molar-refractivity contribution in [2.45, 2.75) is 19.1 Å². The first-order chi connectivity index (χ1) is 9.06. The molecular formula is C12H15N3O4. The van der Waals surface area contributed by atoms with Crippen molar-refractivity contribution >= 4 is 11.8 Å². The van der Waals surface area contributed by atoms with Crippen molar-refractivity contribution in [3.63, 3.8) is 0 Å². The van der Waals surface area contributed by atoms with Crippen molar-refractivity contribution in [1.82, 2.24) is 10.6 Å². The van der Waals surface area contributed by atoms with Gasteiger partial charge in [0.15, 0.2) is 0 Å². The summed E-state index contributed by atoms with van der Waals surface area (Å²) in [5.41, 5.74) is 0.895. The lowest BCUT2D eigenvalue weighted by atomic mass is 10.1. The molecule has 0 radical (unpaired) electrons. The molecule has 2 N–H and O–H groups in total. The van der Waals surface area contributed by atoms with Gasteiger partial charge in [0.25, 0.3) is 5.69 Å². The van der Waals surface area contributed by atoms with E-state index in [1.807, 2.05) is 13.0 Å². The van der Waals surface area contributed by atoms with Crippen LogP contribution >= 0.6 is 0 Å². The number of nitrogens with zero attached hydrogens (tertiary/aromatic N) is 1. The Kier molecular flexibility index (Phi) is 3.96. The second-order valence-electron chi connectivity index (χ2n) is 4.39. The topological polar surface area (TPSA) is 93.5 Å². The van der Waals surface area contributed by atoms with E-state index < -0.39 is 11.0 Å². The predicted octanol–water partition coefficient (Wildman–Crippen LogP) is 1.35. The van der Waals surface area contributed by atoms with Crippen molar-refractivity contribution in [3.8, 4) is 0 Å². The Bertz CT molecular complexity index is 492. The highest BCUT2D eigenvalue weighted by Crippen LogP contribution is 2.19. The second kappa shape index (κ2) is 5.66. The van der Waals surface area contributed by atoms with Crippen LogP contribution in [-0.4, -0.2) is 30.2 Å². The number of nitro benzene ring substituents is 1. The lowest BCUT2D eigenvalue weighted by molar-refractivity contribution is -0.384. The number of cyclic esters (lactones) is 1. The molecule has 1 amide bonds. The highest BCUT2D eigenvalue weighted by Gasteiger charge is 2.22. The van der Waals surface area contributed by atoms with E-state index in [9.17, 15) is 14.9 Å². The summed E-state index contributed by atoms with van der Waals surface area (Å²) in [5.74, 6) is 0. The molecule has 1 aliphatic rings. The number of carbonyl (C=O) groups is 1. The van der Waals surface area contributed by atoms with Crippen LogP contribution in [0.3, 0.4) is 0 Å². The van der Waals surface area contributed by atoms with Gasteiger partial charge in [-0.2, -0.15) is 0 Å². The molecule has 1 aromatic rings. The van der Waals surface area contributed by atoms with Gasteiger partial charge < -0.3 is 15.4 Å². The van der Waals surface area contributed by atoms with Crippen LogP contribution in [0.4, 0.5) is 10.5 Å². The molecule has 1 fully saturated rings. The number of non-ortho nitro benzene ring substituents is 1. The maximum atomic E-state index is 10.9. The predicted molar refractivity (Wildman–Crippen MR) is 67.8 cm³/mol. The van der Waals surface area contributed by atoms with E-state index in [1.54, 1.807) is 6.07 Å². The van der Waals surface area contributed by atoms with E-state index >= 15 is 0 Å². The molecule has 2 atom stereocenters. The summed E-state index contributed by atoms with van der Waals surface area (Å²) in [6.45, 7) is 2.89. The largest absolute Gasteiger partial charge is 0.443 e. The number of ether oxygens (including phenoxy) is 1. The molecule has 1 aliphatic heterocycles. The molecule has 2 rings (SSSR count). The molecule has 1 saturated heterocycles. The van der Waals surface area contributed by atoms with Gasteiger partial charge in [0, 0.05) is 24.7 Å². The van der Waals surface area contributed by atoms with Crippen LogP contribution in [0.5, 0.6) is 0 Å². The fourth-order valence-corrected chi connectivity index (χ4v) is 1.88. The van der Waals surface area contributed by atoms with Crippen LogP contribution < -0.4 is 10.6 Å². The Labute approximate surface area is 110 Å². The van der Waals surface area contributed by atoms with E-state index in [0.717, 1.165) is 5.56 Å². The van der Waals surface area contributed by atoms with E-state index in [-0.39, 0.29) is 17.8 Å². The number of alkyl carbamates (subject to hydrolysis) is 1. The molecule has 0 spiro atoms. The minimum Gasteiger partial charge on any atom is -0.443 e. The lowest BCUT2D eigenvalue weighted by Gasteiger charge is -2.16. The van der Waals surface area contributed by atoms with Crippen molar-refractivity contribution in [3.05, 3.63) is 39.9 Å². The smallest absolute Gasteiger partial charge is 0.407 e. The number of nitrogens with one attached hydrogen (secondary N) is 2. The fraction of sp³-hybridized carbons (Fsp3) is 0.417. The third-order valence-corrected chi connectivity index (χ3v) is 2.98. The highest BCUT2D eigenvalue weighted by atomic mass is 16.6. The Morgan fingerprint density at radius 2 is 2.42 bits per heavy atom. The van der Waals surface area contributed by atoms with E-state index in [1.165, 1.54) is 12.1 Å². The summed E-state index contributed by atoms with van der Waals surface area (Å²) in [4.78, 5) is 21.1. The number of hydrogen-bond acceptors (Lipinski definition) is 5. The van der Waals surface area contributed by atoms with Crippen LogP contribution in [0, 0.1) is 10.1 Å². The number of carbonyl (C=O) groups excluding carboxylic acids is 1. The summed E-state index contributed by atoms with van der Waals surface area (Å²) < 4.78 is 4.99. The summed E-state index contributed by atoms with van der Waals surface area (Å²) in [6.07, 6.45) is -0.608. The number of amides is 1. The molecule has 1 aromatic carbocycles. The lowest BCUT2D eigenvalue weighted by Crippen LogP contribution is -2.31. The normalized spacial score (nSPS) is 19.6. The first-order valence-corrected chi connectivity index (χ1v) is 5.98. The van der Waals surface area contributed by atoms with Crippen molar-refractivity contribution in [1.29, 1.82) is 0 Å². The maximum absolute atomic E-state index is 10.9. The van der Waals surface area contributed by atoms with E-state index in [0.29, 0.717) is 13.1 Å². The summed E-state index contributed by atoms with van der Waals surface area (Å²) >= 11 is 0. The quantitative estimate of drug-likeness (QED) is 0.619. The monoisotopic (exact) mass is 265 g/mol. The molecule has 0 aliphatic carbocycles. The molecule has 0 unspecified atom stereocenters. The van der Waals surface area contributed by atoms with Crippen LogP contribution in [0.2, 0.25) is 0 Å². The minimum atomic E-state index is -0.418. The van der Waals surface area contributed by atoms with Crippen LogP contribution in [0.15, 0.2) is 24.3 Å². The first-order valence-electron chi connectivity index (χ1n) is 5.98. The number of benzene rings is 1. The first kappa shape index (κ1) is 13.3. The van der Waals surface area contributed by atoms with Gasteiger partial charge in [-0.15, -0.1) is 0 Å². The van der Waals surface area contributed by atoms with Gasteiger partial charge in [0.1, 0.15) is 6.10 Å². The van der Waals surface area contributed by atoms with E-state index in [2.05, 4.69) is 10.6 Å². The maximum Gasteiger partial charge on any atom is 0.407 e. The summed E-state index contributed by atoms with van der Waals surface area (Å²) in [6, 6.07) is 6.42. The van der Waals surface area contributed by atoms with Crippen molar-refractivity contribution in [2.24, 2.45) is 0 Å². The van der Waals surface area contributed by atoms with Gasteiger partial charge in [-0.05, 0) is 12.5 Å². The Hall–Kier alpha value is -2.15. The summed E-state index contributed by atoms with van der Waals surface area (Å²) in [7, 11) is 0. The Morgan fingerprint density at radius 1 is 1.63 bits per heavy atom. The van der Waals surface area contributed by atoms with Gasteiger partial charge in [-0.1, -0.05) is 12.1 Å². The SMILES string of the molecule is C[C@H](NC[C@H]1CNC(=O)O1)c1cccc([N+](=O)[O-])c1. The van der Waals surface area contributed by atoms with Crippen LogP contribution in [0.25, 0.3) is 0 Å². The molecule has 7 nitrogen and oxygen atoms in total. The number of rotatable bonds is 5. The van der Waals surface area contributed by atoms with Gasteiger partial charge in [0.05, 0.1) is 11.5 Å². The molecule has 7 heteroatoms. The third kappa shape index (κ3) is 3.41. The van der Waals surface area contributed by atoms with Gasteiger partial charge in [-0.25, -0.2) is 4.79 Å². The zero-order valence-electron chi connectivity index (χ0n) is 10.5. The summed E-state index contributed by atoms with van der Waals surface area (Å²) in [5, 5.41) is 16.5. The minimum absolute atomic E-state index is 0.0563. The molecule has 0 aromatic heterocycles. The van der Waals surface area contributed by atoms with Gasteiger partial charge >= 0.3 is 6.09 Å². The molecule has 0 bridgehead atoms. The number of hydrogen-bond donors (Lipinski definition) is 2. The van der Waals surface area contributed by atoms with E-state index in [4.69, 9.17) is 4.74 Å². The third-order valence-electron chi connectivity index (χ3n) is 2.98. The molecular weight excluding hydrogens is 250 g/mol. The standard InChI is InChI=1S/C12H15N3O4/c1-8(13-6-11-7-14-12(16)19-11)9-3-2-4-10(5-9)15(17)18/h2-5,8,11,13H,6-7H2,1H3,(H,14,16)/t8-,11-/m0/s1. The van der Waals surface area contributed by atoms with Crippen molar-refractivity contribution in [2.75, 3.05) is 13.1 Å². The zero-order chi connectivity index (χ0) is 13.8. The second-order valence-corrected chi connectivity index (χ2v) is 4.39. The Balaban J connectivity index is 1.92. The molecule has 0 saturated carbocycles. The van der Waals surface area contributed by atoms with Crippen molar-refractivity contribution < 1.29 is 14.5 Å². The fourth-order valence-electron chi connectivity index (χ4n) is 1.88. The van der Waals surface area contributed by atoms with Crippen LogP contribution in [-0.2, 0) is 4.74 Å². The zero-order valence-corrected chi connectivity index (χ0v) is 10.5. The van der Waals surface area contributed by atoms with Gasteiger partial charge in [0.2, 0.25) is 0 Å². The Morgan fingerprint density at radius 3 is 3.05 bits per heavy atom. The molecule has 19 heavy (non-hydrogen) atoms. The van der Waals surface area contributed by atoms with Crippen LogP contribution in [0.1, 0.15) is 18.5 Å². The molecule has 102 valence electrons. The van der Waals surface area contributed by atoms with Gasteiger partial charge in [-0.3, -0.25) is 10.1 Å². The molecule has 1 heterocycles. The number of nitro groups is 1. The highest BCUT2D eigenvalue weighted by molar-refractivity contribution is 5.69. The average molecular weight is 265 g/mol.